The Morgan fingerprint density at radius 1 is 1.41 bits per heavy atom. The van der Waals surface area contributed by atoms with Crippen LogP contribution in [0.5, 0.6) is 0 Å². The van der Waals surface area contributed by atoms with E-state index in [4.69, 9.17) is 4.74 Å². The molecular weight excluding hydrogens is 300 g/mol. The molecule has 22 heavy (non-hydrogen) atoms. The largest absolute Gasteiger partial charge is 0.447 e. The van der Waals surface area contributed by atoms with E-state index >= 15 is 0 Å². The third kappa shape index (κ3) is 3.30. The Labute approximate surface area is 133 Å². The molecule has 0 unspecified atom stereocenters. The summed E-state index contributed by atoms with van der Waals surface area (Å²) in [5, 5.41) is 6.57. The van der Waals surface area contributed by atoms with Gasteiger partial charge in [0.05, 0.1) is 11.5 Å². The lowest BCUT2D eigenvalue weighted by atomic mass is 10.1. The van der Waals surface area contributed by atoms with Gasteiger partial charge in [0.15, 0.2) is 0 Å². The average molecular weight is 320 g/mol. The van der Waals surface area contributed by atoms with Crippen molar-refractivity contribution in [3.8, 4) is 0 Å². The number of carbonyl (C=O) groups is 1. The number of ether oxygens (including phenoxy) is 1. The van der Waals surface area contributed by atoms with Gasteiger partial charge in [0.25, 0.3) is 0 Å². The van der Waals surface area contributed by atoms with Crippen molar-refractivity contribution in [2.75, 3.05) is 18.4 Å². The van der Waals surface area contributed by atoms with Gasteiger partial charge in [-0.25, -0.2) is 14.8 Å². The highest BCUT2D eigenvalue weighted by Gasteiger charge is 2.24. The number of hydrogen-bond acceptors (Lipinski definition) is 6. The first-order chi connectivity index (χ1) is 10.6. The molecule has 0 aliphatic carbocycles. The summed E-state index contributed by atoms with van der Waals surface area (Å²) < 4.78 is 5.24. The lowest BCUT2D eigenvalue weighted by Gasteiger charge is -2.32. The predicted octanol–water partition coefficient (Wildman–Crippen LogP) is 3.11. The predicted molar refractivity (Wildman–Crippen MR) is 87.2 cm³/mol. The van der Waals surface area contributed by atoms with Gasteiger partial charge < -0.3 is 15.0 Å². The third-order valence-electron chi connectivity index (χ3n) is 3.69. The zero-order valence-electron chi connectivity index (χ0n) is 12.8. The number of nitrogens with zero attached hydrogens (tertiary/aromatic N) is 3. The normalized spacial score (nSPS) is 16.2. The van der Waals surface area contributed by atoms with E-state index < -0.39 is 0 Å². The van der Waals surface area contributed by atoms with E-state index in [1.54, 1.807) is 22.6 Å². The molecule has 1 saturated heterocycles. The summed E-state index contributed by atoms with van der Waals surface area (Å²) in [6, 6.07) is 2.36. The lowest BCUT2D eigenvalue weighted by molar-refractivity contribution is 0.0701. The summed E-state index contributed by atoms with van der Waals surface area (Å²) in [5.41, 5.74) is 0. The van der Waals surface area contributed by atoms with Gasteiger partial charge in [-0.1, -0.05) is 0 Å². The number of amides is 1. The first-order valence-electron chi connectivity index (χ1n) is 7.54. The van der Waals surface area contributed by atoms with Gasteiger partial charge in [0, 0.05) is 19.1 Å². The van der Waals surface area contributed by atoms with Crippen LogP contribution in [0.1, 0.15) is 26.7 Å². The van der Waals surface area contributed by atoms with Crippen LogP contribution in [0.3, 0.4) is 0 Å². The van der Waals surface area contributed by atoms with Crippen LogP contribution in [0, 0.1) is 0 Å². The number of anilines is 1. The molecule has 1 N–H and O–H groups in total. The quantitative estimate of drug-likeness (QED) is 0.941. The number of hydrogen-bond donors (Lipinski definition) is 1. The molecule has 0 spiro atoms. The van der Waals surface area contributed by atoms with Gasteiger partial charge in [-0.15, -0.1) is 11.3 Å². The van der Waals surface area contributed by atoms with E-state index in [1.165, 1.54) is 0 Å². The Bertz CT molecular complexity index is 650. The van der Waals surface area contributed by atoms with Crippen molar-refractivity contribution in [3.05, 3.63) is 17.8 Å². The molecule has 3 rings (SSSR count). The minimum Gasteiger partial charge on any atom is -0.447 e. The number of nitrogens with one attached hydrogen (secondary N) is 1. The molecular formula is C15H20N4O2S. The molecule has 0 bridgehead atoms. The van der Waals surface area contributed by atoms with Gasteiger partial charge in [-0.05, 0) is 38.1 Å². The standard InChI is InChI=1S/C15H20N4O2S/c1-10(2)21-15(20)19-6-3-11(4-7-19)18-13-12-5-8-22-14(12)17-9-16-13/h5,8-11H,3-4,6-7H2,1-2H3,(H,16,17,18). The van der Waals surface area contributed by atoms with Gasteiger partial charge in [-0.2, -0.15) is 0 Å². The molecule has 1 fully saturated rings. The van der Waals surface area contributed by atoms with E-state index in [9.17, 15) is 4.79 Å². The number of rotatable bonds is 3. The molecule has 3 heterocycles. The Kier molecular flexibility index (Phi) is 4.42. The number of aromatic nitrogens is 2. The van der Waals surface area contributed by atoms with Crippen LogP contribution in [0.15, 0.2) is 17.8 Å². The highest BCUT2D eigenvalue weighted by atomic mass is 32.1. The van der Waals surface area contributed by atoms with Crippen molar-refractivity contribution in [2.45, 2.75) is 38.8 Å². The summed E-state index contributed by atoms with van der Waals surface area (Å²) in [6.45, 7) is 5.16. The minimum atomic E-state index is -0.212. The van der Waals surface area contributed by atoms with Crippen molar-refractivity contribution >= 4 is 33.5 Å². The molecule has 2 aromatic rings. The summed E-state index contributed by atoms with van der Waals surface area (Å²) in [7, 11) is 0. The number of likely N-dealkylation sites (tertiary alicyclic amines) is 1. The van der Waals surface area contributed by atoms with Crippen LogP contribution < -0.4 is 5.32 Å². The van der Waals surface area contributed by atoms with Crippen molar-refractivity contribution in [3.63, 3.8) is 0 Å². The van der Waals surface area contributed by atoms with Crippen molar-refractivity contribution < 1.29 is 9.53 Å². The Hall–Kier alpha value is -1.89. The fourth-order valence-electron chi connectivity index (χ4n) is 2.58. The fourth-order valence-corrected chi connectivity index (χ4v) is 3.31. The second-order valence-corrected chi connectivity index (χ2v) is 6.59. The van der Waals surface area contributed by atoms with Crippen LogP contribution in [-0.4, -0.2) is 46.2 Å². The third-order valence-corrected chi connectivity index (χ3v) is 4.51. The average Bonchev–Trinajstić information content (AvgIpc) is 2.97. The maximum absolute atomic E-state index is 11.9. The minimum absolute atomic E-state index is 0.0729. The SMILES string of the molecule is CC(C)OC(=O)N1CCC(Nc2ncnc3sccc23)CC1. The Morgan fingerprint density at radius 3 is 2.91 bits per heavy atom. The zero-order chi connectivity index (χ0) is 15.5. The van der Waals surface area contributed by atoms with Crippen LogP contribution in [-0.2, 0) is 4.74 Å². The highest BCUT2D eigenvalue weighted by Crippen LogP contribution is 2.25. The summed E-state index contributed by atoms with van der Waals surface area (Å²) in [5.74, 6) is 0.884. The van der Waals surface area contributed by atoms with Gasteiger partial charge in [0.2, 0.25) is 0 Å². The Balaban J connectivity index is 1.58. The maximum atomic E-state index is 11.9. The van der Waals surface area contributed by atoms with E-state index in [0.717, 1.165) is 28.9 Å². The number of fused-ring (bicyclic) bond motifs is 1. The van der Waals surface area contributed by atoms with Crippen LogP contribution in [0.4, 0.5) is 10.6 Å². The van der Waals surface area contributed by atoms with E-state index in [1.807, 2.05) is 25.3 Å². The van der Waals surface area contributed by atoms with Crippen LogP contribution in [0.25, 0.3) is 10.2 Å². The monoisotopic (exact) mass is 320 g/mol. The summed E-state index contributed by atoms with van der Waals surface area (Å²) >= 11 is 1.61. The topological polar surface area (TPSA) is 67.3 Å². The van der Waals surface area contributed by atoms with Gasteiger partial charge >= 0.3 is 6.09 Å². The van der Waals surface area contributed by atoms with E-state index in [-0.39, 0.29) is 12.2 Å². The molecule has 2 aromatic heterocycles. The number of carbonyl (C=O) groups excluding carboxylic acids is 1. The summed E-state index contributed by atoms with van der Waals surface area (Å²) in [6.07, 6.45) is 3.09. The lowest BCUT2D eigenvalue weighted by Crippen LogP contribution is -2.43. The first-order valence-corrected chi connectivity index (χ1v) is 8.41. The molecule has 0 saturated carbocycles. The smallest absolute Gasteiger partial charge is 0.410 e. The molecule has 0 radical (unpaired) electrons. The van der Waals surface area contributed by atoms with E-state index in [2.05, 4.69) is 15.3 Å². The molecule has 7 heteroatoms. The molecule has 6 nitrogen and oxygen atoms in total. The summed E-state index contributed by atoms with van der Waals surface area (Å²) in [4.78, 5) is 23.3. The van der Waals surface area contributed by atoms with E-state index in [0.29, 0.717) is 19.1 Å². The van der Waals surface area contributed by atoms with Gasteiger partial charge in [0.1, 0.15) is 17.0 Å². The molecule has 118 valence electrons. The number of thiophene rings is 1. The van der Waals surface area contributed by atoms with Crippen molar-refractivity contribution in [1.29, 1.82) is 0 Å². The van der Waals surface area contributed by atoms with Crippen LogP contribution >= 0.6 is 11.3 Å². The number of piperidine rings is 1. The molecule has 0 aromatic carbocycles. The first kappa shape index (κ1) is 15.0. The highest BCUT2D eigenvalue weighted by molar-refractivity contribution is 7.16. The Morgan fingerprint density at radius 2 is 2.18 bits per heavy atom. The second-order valence-electron chi connectivity index (χ2n) is 5.70. The van der Waals surface area contributed by atoms with Crippen LogP contribution in [0.2, 0.25) is 0 Å². The molecule has 1 aliphatic heterocycles. The van der Waals surface area contributed by atoms with Gasteiger partial charge in [-0.3, -0.25) is 0 Å². The molecule has 0 atom stereocenters. The zero-order valence-corrected chi connectivity index (χ0v) is 13.6. The molecule has 1 amide bonds. The molecule has 1 aliphatic rings. The maximum Gasteiger partial charge on any atom is 0.410 e. The fraction of sp³-hybridized carbons (Fsp3) is 0.533. The van der Waals surface area contributed by atoms with Crippen molar-refractivity contribution in [1.82, 2.24) is 14.9 Å². The van der Waals surface area contributed by atoms with Crippen molar-refractivity contribution in [2.24, 2.45) is 0 Å². The second kappa shape index (κ2) is 6.48.